The van der Waals surface area contributed by atoms with E-state index in [-0.39, 0.29) is 6.61 Å². The summed E-state index contributed by atoms with van der Waals surface area (Å²) in [6.07, 6.45) is 2.89. The summed E-state index contributed by atoms with van der Waals surface area (Å²) in [7, 11) is 0. The highest BCUT2D eigenvalue weighted by molar-refractivity contribution is 7.99. The van der Waals surface area contributed by atoms with E-state index in [0.717, 1.165) is 36.8 Å². The van der Waals surface area contributed by atoms with Gasteiger partial charge in [-0.05, 0) is 48.8 Å². The van der Waals surface area contributed by atoms with Crippen molar-refractivity contribution in [2.24, 2.45) is 5.92 Å². The Labute approximate surface area is 119 Å². The van der Waals surface area contributed by atoms with Gasteiger partial charge < -0.3 is 4.74 Å². The Morgan fingerprint density at radius 2 is 1.90 bits per heavy atom. The summed E-state index contributed by atoms with van der Waals surface area (Å²) >= 11 is 1.91. The molecule has 0 N–H and O–H groups in total. The van der Waals surface area contributed by atoms with E-state index in [0.29, 0.717) is 12.0 Å². The fraction of sp³-hybridized carbons (Fsp3) is 0.500. The predicted octanol–water partition coefficient (Wildman–Crippen LogP) is 3.79. The average Bonchev–Trinajstić information content (AvgIpc) is 2.46. The number of hydrogen-bond acceptors (Lipinski definition) is 3. The number of carbonyl (C=O) groups excluding carboxylic acids is 1. The summed E-state index contributed by atoms with van der Waals surface area (Å²) in [6.45, 7) is 0.173. The first-order valence-corrected chi connectivity index (χ1v) is 7.63. The zero-order valence-electron chi connectivity index (χ0n) is 10.8. The van der Waals surface area contributed by atoms with E-state index < -0.39 is 29.0 Å². The molecule has 0 aliphatic carbocycles. The molecule has 1 aromatic rings. The minimum atomic E-state index is -1.65. The van der Waals surface area contributed by atoms with Crippen molar-refractivity contribution in [2.45, 2.75) is 19.3 Å². The first-order chi connectivity index (χ1) is 9.59. The number of benzene rings is 1. The molecule has 110 valence electrons. The van der Waals surface area contributed by atoms with Crippen molar-refractivity contribution >= 4 is 17.7 Å². The van der Waals surface area contributed by atoms with Gasteiger partial charge in [0.25, 0.3) is 0 Å². The molecule has 0 amide bonds. The Morgan fingerprint density at radius 1 is 1.20 bits per heavy atom. The third kappa shape index (κ3) is 3.69. The summed E-state index contributed by atoms with van der Waals surface area (Å²) in [5.41, 5.74) is -0.567. The molecule has 1 fully saturated rings. The number of hydrogen-bond donors (Lipinski definition) is 0. The van der Waals surface area contributed by atoms with Crippen LogP contribution in [-0.2, 0) is 4.74 Å². The Kier molecular flexibility index (Phi) is 5.34. The third-order valence-corrected chi connectivity index (χ3v) is 4.40. The maximum absolute atomic E-state index is 13.4. The highest BCUT2D eigenvalue weighted by Gasteiger charge is 2.20. The zero-order chi connectivity index (χ0) is 14.5. The topological polar surface area (TPSA) is 26.3 Å². The van der Waals surface area contributed by atoms with E-state index in [1.54, 1.807) is 0 Å². The van der Waals surface area contributed by atoms with E-state index in [4.69, 9.17) is 4.74 Å². The zero-order valence-corrected chi connectivity index (χ0v) is 11.6. The lowest BCUT2D eigenvalue weighted by Gasteiger charge is -2.20. The number of ether oxygens (including phenoxy) is 1. The molecule has 0 atom stereocenters. The molecule has 0 aromatic heterocycles. The molecule has 1 aliphatic heterocycles. The fourth-order valence-electron chi connectivity index (χ4n) is 2.11. The van der Waals surface area contributed by atoms with Gasteiger partial charge in [0.15, 0.2) is 17.5 Å². The minimum Gasteiger partial charge on any atom is -0.462 e. The molecule has 0 spiro atoms. The van der Waals surface area contributed by atoms with Crippen LogP contribution in [0.4, 0.5) is 13.2 Å². The molecular weight excluding hydrogens is 289 g/mol. The Bertz CT molecular complexity index is 488. The van der Waals surface area contributed by atoms with Crippen LogP contribution in [-0.4, -0.2) is 24.1 Å². The van der Waals surface area contributed by atoms with E-state index >= 15 is 0 Å². The van der Waals surface area contributed by atoms with Crippen LogP contribution in [0, 0.1) is 23.4 Å². The second-order valence-corrected chi connectivity index (χ2v) is 5.93. The first-order valence-electron chi connectivity index (χ1n) is 6.48. The molecule has 20 heavy (non-hydrogen) atoms. The predicted molar refractivity (Wildman–Crippen MR) is 71.3 cm³/mol. The van der Waals surface area contributed by atoms with E-state index in [9.17, 15) is 18.0 Å². The molecule has 2 nitrogen and oxygen atoms in total. The van der Waals surface area contributed by atoms with E-state index in [1.165, 1.54) is 0 Å². The van der Waals surface area contributed by atoms with Crippen LogP contribution in [0.5, 0.6) is 0 Å². The summed E-state index contributed by atoms with van der Waals surface area (Å²) in [5, 5.41) is 0. The van der Waals surface area contributed by atoms with Crippen LogP contribution < -0.4 is 0 Å². The summed E-state index contributed by atoms with van der Waals surface area (Å²) < 4.78 is 44.1. The Balaban J connectivity index is 1.87. The molecule has 1 heterocycles. The smallest absolute Gasteiger partial charge is 0.341 e. The van der Waals surface area contributed by atoms with Crippen LogP contribution in [0.3, 0.4) is 0 Å². The SMILES string of the molecule is O=C(OCCC1CCSCC1)c1ccc(F)c(F)c1F. The monoisotopic (exact) mass is 304 g/mol. The van der Waals surface area contributed by atoms with Gasteiger partial charge in [0, 0.05) is 0 Å². The Hall–Kier alpha value is -1.17. The van der Waals surface area contributed by atoms with Gasteiger partial charge in [0.1, 0.15) is 0 Å². The number of halogens is 3. The third-order valence-electron chi connectivity index (χ3n) is 3.36. The van der Waals surface area contributed by atoms with Gasteiger partial charge in [0.05, 0.1) is 12.2 Å². The highest BCUT2D eigenvalue weighted by atomic mass is 32.2. The number of carbonyl (C=O) groups is 1. The van der Waals surface area contributed by atoms with Crippen LogP contribution >= 0.6 is 11.8 Å². The fourth-order valence-corrected chi connectivity index (χ4v) is 3.32. The lowest BCUT2D eigenvalue weighted by molar-refractivity contribution is 0.0474. The summed E-state index contributed by atoms with van der Waals surface area (Å²) in [5.74, 6) is -2.69. The van der Waals surface area contributed by atoms with Crippen molar-refractivity contribution in [3.8, 4) is 0 Å². The molecule has 1 saturated heterocycles. The van der Waals surface area contributed by atoms with Crippen LogP contribution in [0.25, 0.3) is 0 Å². The first kappa shape index (κ1) is 15.2. The maximum Gasteiger partial charge on any atom is 0.341 e. The molecule has 1 aliphatic rings. The van der Waals surface area contributed by atoms with Gasteiger partial charge in [-0.2, -0.15) is 11.8 Å². The number of rotatable bonds is 4. The van der Waals surface area contributed by atoms with Crippen LogP contribution in [0.15, 0.2) is 12.1 Å². The lowest BCUT2D eigenvalue weighted by Crippen LogP contribution is -2.15. The van der Waals surface area contributed by atoms with E-state index in [1.807, 2.05) is 11.8 Å². The van der Waals surface area contributed by atoms with Crippen LogP contribution in [0.2, 0.25) is 0 Å². The molecule has 1 aromatic carbocycles. The van der Waals surface area contributed by atoms with Gasteiger partial charge >= 0.3 is 5.97 Å². The largest absolute Gasteiger partial charge is 0.462 e. The molecule has 0 radical (unpaired) electrons. The van der Waals surface area contributed by atoms with Crippen molar-refractivity contribution in [1.29, 1.82) is 0 Å². The number of thioether (sulfide) groups is 1. The maximum atomic E-state index is 13.4. The summed E-state index contributed by atoms with van der Waals surface area (Å²) in [6, 6.07) is 1.61. The Morgan fingerprint density at radius 3 is 2.60 bits per heavy atom. The van der Waals surface area contributed by atoms with Crippen molar-refractivity contribution in [1.82, 2.24) is 0 Å². The van der Waals surface area contributed by atoms with Crippen molar-refractivity contribution in [2.75, 3.05) is 18.1 Å². The summed E-state index contributed by atoms with van der Waals surface area (Å²) in [4.78, 5) is 11.6. The van der Waals surface area contributed by atoms with Crippen molar-refractivity contribution < 1.29 is 22.7 Å². The lowest BCUT2D eigenvalue weighted by atomic mass is 10.00. The second kappa shape index (κ2) is 7.02. The molecule has 2 rings (SSSR count). The van der Waals surface area contributed by atoms with Gasteiger partial charge in [-0.3, -0.25) is 0 Å². The molecule has 0 saturated carbocycles. The van der Waals surface area contributed by atoms with Crippen molar-refractivity contribution in [3.05, 3.63) is 35.1 Å². The van der Waals surface area contributed by atoms with Gasteiger partial charge in [-0.15, -0.1) is 0 Å². The molecule has 0 unspecified atom stereocenters. The standard InChI is InChI=1S/C14H15F3O2S/c15-11-2-1-10(12(16)13(11)17)14(18)19-6-3-9-4-7-20-8-5-9/h1-2,9H,3-8H2. The minimum absolute atomic E-state index is 0.173. The second-order valence-electron chi connectivity index (χ2n) is 4.70. The van der Waals surface area contributed by atoms with Gasteiger partial charge in [-0.25, -0.2) is 18.0 Å². The average molecular weight is 304 g/mol. The molecule has 6 heteroatoms. The highest BCUT2D eigenvalue weighted by Crippen LogP contribution is 2.25. The normalized spacial score (nSPS) is 16.1. The van der Waals surface area contributed by atoms with Gasteiger partial charge in [0.2, 0.25) is 0 Å². The molecule has 0 bridgehead atoms. The van der Waals surface area contributed by atoms with Gasteiger partial charge in [-0.1, -0.05) is 0 Å². The van der Waals surface area contributed by atoms with Crippen LogP contribution in [0.1, 0.15) is 29.6 Å². The van der Waals surface area contributed by atoms with Crippen molar-refractivity contribution in [3.63, 3.8) is 0 Å². The molecular formula is C14H15F3O2S. The van der Waals surface area contributed by atoms with E-state index in [2.05, 4.69) is 0 Å². The number of esters is 1. The quantitative estimate of drug-likeness (QED) is 0.625.